The molecule has 1 aromatic heterocycles. The lowest BCUT2D eigenvalue weighted by Crippen LogP contribution is -2.55. The van der Waals surface area contributed by atoms with Gasteiger partial charge in [-0.1, -0.05) is 11.3 Å². The van der Waals surface area contributed by atoms with Crippen molar-refractivity contribution in [2.24, 2.45) is 0 Å². The van der Waals surface area contributed by atoms with Gasteiger partial charge in [-0.25, -0.2) is 0 Å². The number of thiazole rings is 1. The van der Waals surface area contributed by atoms with Crippen molar-refractivity contribution >= 4 is 23.2 Å². The summed E-state index contributed by atoms with van der Waals surface area (Å²) in [6.45, 7) is 5.24. The lowest BCUT2D eigenvalue weighted by molar-refractivity contribution is -0.142. The smallest absolute Gasteiger partial charge is 0.307 e. The van der Waals surface area contributed by atoms with Crippen molar-refractivity contribution < 1.29 is 9.59 Å². The number of carbonyl (C=O) groups excluding carboxylic acids is 2. The molecule has 2 amide bonds. The van der Waals surface area contributed by atoms with E-state index in [9.17, 15) is 14.4 Å². The maximum Gasteiger partial charge on any atom is 0.307 e. The number of piperazine rings is 1. The maximum absolute atomic E-state index is 12.1. The van der Waals surface area contributed by atoms with Gasteiger partial charge in [0.05, 0.1) is 0 Å². The van der Waals surface area contributed by atoms with Crippen LogP contribution in [-0.4, -0.2) is 40.4 Å². The van der Waals surface area contributed by atoms with Gasteiger partial charge in [0.25, 0.3) is 0 Å². The molecule has 1 aromatic rings. The third-order valence-corrected chi connectivity index (χ3v) is 4.45. The monoisotopic (exact) mass is 297 g/mol. The highest BCUT2D eigenvalue weighted by Gasteiger charge is 2.28. The third-order valence-electron chi connectivity index (χ3n) is 3.57. The number of aryl methyl sites for hydroxylation is 1. The minimum absolute atomic E-state index is 0.0145. The van der Waals surface area contributed by atoms with E-state index in [-0.39, 0.29) is 16.7 Å². The van der Waals surface area contributed by atoms with Gasteiger partial charge in [-0.15, -0.1) is 0 Å². The Bertz CT molecular complexity index is 563. The van der Waals surface area contributed by atoms with Crippen LogP contribution in [0.5, 0.6) is 0 Å². The Labute approximate surface area is 121 Å². The summed E-state index contributed by atoms with van der Waals surface area (Å²) < 4.78 is 1.68. The van der Waals surface area contributed by atoms with Crippen molar-refractivity contribution in [1.82, 2.24) is 14.8 Å². The Hall–Kier alpha value is -1.63. The molecular weight excluding hydrogens is 278 g/mol. The second kappa shape index (κ2) is 6.21. The van der Waals surface area contributed by atoms with Crippen molar-refractivity contribution in [2.45, 2.75) is 39.3 Å². The highest BCUT2D eigenvalue weighted by molar-refractivity contribution is 7.07. The molecule has 0 aromatic carbocycles. The molecule has 0 radical (unpaired) electrons. The first-order chi connectivity index (χ1) is 9.50. The van der Waals surface area contributed by atoms with E-state index >= 15 is 0 Å². The fraction of sp³-hybridized carbons (Fsp3) is 0.615. The predicted molar refractivity (Wildman–Crippen MR) is 76.7 cm³/mol. The standard InChI is InChI=1S/C13H19N3O3S/c1-9-8-20-13(19)15(9)6-3-4-11(17)16-7-5-14-12(18)10(16)2/h8,10H,3-7H2,1-2H3,(H,14,18). The molecule has 1 unspecified atom stereocenters. The summed E-state index contributed by atoms with van der Waals surface area (Å²) in [6, 6.07) is -0.401. The van der Waals surface area contributed by atoms with Gasteiger partial charge < -0.3 is 14.8 Å². The van der Waals surface area contributed by atoms with Crippen LogP contribution in [0.1, 0.15) is 25.5 Å². The zero-order chi connectivity index (χ0) is 14.7. The Morgan fingerprint density at radius 1 is 1.50 bits per heavy atom. The minimum Gasteiger partial charge on any atom is -0.353 e. The average molecular weight is 297 g/mol. The number of nitrogens with zero attached hydrogens (tertiary/aromatic N) is 2. The lowest BCUT2D eigenvalue weighted by Gasteiger charge is -2.32. The first kappa shape index (κ1) is 14.8. The number of rotatable bonds is 4. The number of carbonyl (C=O) groups is 2. The normalized spacial score (nSPS) is 19.0. The first-order valence-corrected chi connectivity index (χ1v) is 7.61. The molecule has 0 aliphatic carbocycles. The first-order valence-electron chi connectivity index (χ1n) is 6.73. The molecule has 2 rings (SSSR count). The molecule has 1 aliphatic heterocycles. The highest BCUT2D eigenvalue weighted by atomic mass is 32.1. The van der Waals surface area contributed by atoms with Gasteiger partial charge in [0.15, 0.2) is 0 Å². The molecular formula is C13H19N3O3S. The van der Waals surface area contributed by atoms with Crippen molar-refractivity contribution in [3.8, 4) is 0 Å². The summed E-state index contributed by atoms with van der Waals surface area (Å²) in [5.74, 6) is -0.122. The van der Waals surface area contributed by atoms with Crippen molar-refractivity contribution in [3.05, 3.63) is 20.7 Å². The van der Waals surface area contributed by atoms with Gasteiger partial charge in [0, 0.05) is 37.1 Å². The van der Waals surface area contributed by atoms with Crippen LogP contribution in [0.15, 0.2) is 10.2 Å². The summed E-state index contributed by atoms with van der Waals surface area (Å²) in [7, 11) is 0. The summed E-state index contributed by atoms with van der Waals surface area (Å²) in [4.78, 5) is 36.8. The second-order valence-corrected chi connectivity index (χ2v) is 5.77. The number of hydrogen-bond donors (Lipinski definition) is 1. The van der Waals surface area contributed by atoms with Crippen molar-refractivity contribution in [3.63, 3.8) is 0 Å². The molecule has 2 heterocycles. The predicted octanol–water partition coefficient (Wildman–Crippen LogP) is 0.345. The number of nitrogens with one attached hydrogen (secondary N) is 1. The van der Waals surface area contributed by atoms with Gasteiger partial charge in [-0.3, -0.25) is 14.4 Å². The largest absolute Gasteiger partial charge is 0.353 e. The number of aromatic nitrogens is 1. The van der Waals surface area contributed by atoms with E-state index in [1.165, 1.54) is 11.3 Å². The lowest BCUT2D eigenvalue weighted by atomic mass is 10.1. The summed E-state index contributed by atoms with van der Waals surface area (Å²) in [5.41, 5.74) is 0.929. The molecule has 6 nitrogen and oxygen atoms in total. The molecule has 20 heavy (non-hydrogen) atoms. The van der Waals surface area contributed by atoms with Crippen LogP contribution < -0.4 is 10.2 Å². The topological polar surface area (TPSA) is 71.4 Å². The van der Waals surface area contributed by atoms with Crippen LogP contribution in [0.4, 0.5) is 0 Å². The molecule has 7 heteroatoms. The average Bonchev–Trinajstić information content (AvgIpc) is 2.73. The van der Waals surface area contributed by atoms with E-state index in [4.69, 9.17) is 0 Å². The Kier molecular flexibility index (Phi) is 4.59. The Balaban J connectivity index is 1.86. The number of amides is 2. The molecule has 1 N–H and O–H groups in total. The van der Waals surface area contributed by atoms with E-state index < -0.39 is 6.04 Å². The van der Waals surface area contributed by atoms with Gasteiger partial charge in [-0.05, 0) is 20.3 Å². The Morgan fingerprint density at radius 3 is 2.90 bits per heavy atom. The van der Waals surface area contributed by atoms with E-state index in [2.05, 4.69) is 5.32 Å². The van der Waals surface area contributed by atoms with Crippen LogP contribution >= 0.6 is 11.3 Å². The van der Waals surface area contributed by atoms with Gasteiger partial charge in [0.2, 0.25) is 11.8 Å². The summed E-state index contributed by atoms with van der Waals surface area (Å²) >= 11 is 1.18. The fourth-order valence-corrected chi connectivity index (χ4v) is 3.09. The molecule has 1 atom stereocenters. The molecule has 0 bridgehead atoms. The summed E-state index contributed by atoms with van der Waals surface area (Å²) in [6.07, 6.45) is 0.973. The van der Waals surface area contributed by atoms with Crippen LogP contribution in [0.25, 0.3) is 0 Å². The summed E-state index contributed by atoms with van der Waals surface area (Å²) in [5, 5.41) is 4.55. The van der Waals surface area contributed by atoms with Crippen molar-refractivity contribution in [1.29, 1.82) is 0 Å². The van der Waals surface area contributed by atoms with Gasteiger partial charge >= 0.3 is 4.87 Å². The Morgan fingerprint density at radius 2 is 2.25 bits per heavy atom. The van der Waals surface area contributed by atoms with E-state index in [1.807, 2.05) is 12.3 Å². The quantitative estimate of drug-likeness (QED) is 0.871. The van der Waals surface area contributed by atoms with Crippen LogP contribution in [-0.2, 0) is 16.1 Å². The molecule has 0 spiro atoms. The van der Waals surface area contributed by atoms with Crippen LogP contribution in [0, 0.1) is 6.92 Å². The third kappa shape index (κ3) is 3.09. The molecule has 1 fully saturated rings. The van der Waals surface area contributed by atoms with Gasteiger partial charge in [-0.2, -0.15) is 0 Å². The van der Waals surface area contributed by atoms with Crippen LogP contribution in [0.3, 0.4) is 0 Å². The zero-order valence-electron chi connectivity index (χ0n) is 11.7. The van der Waals surface area contributed by atoms with E-state index in [0.717, 1.165) is 5.69 Å². The maximum atomic E-state index is 12.1. The van der Waals surface area contributed by atoms with Crippen molar-refractivity contribution in [2.75, 3.05) is 13.1 Å². The van der Waals surface area contributed by atoms with Gasteiger partial charge in [0.1, 0.15) is 6.04 Å². The SMILES string of the molecule is Cc1csc(=O)n1CCCC(=O)N1CCNC(=O)C1C. The minimum atomic E-state index is -0.401. The van der Waals surface area contributed by atoms with Crippen LogP contribution in [0.2, 0.25) is 0 Å². The number of hydrogen-bond acceptors (Lipinski definition) is 4. The highest BCUT2D eigenvalue weighted by Crippen LogP contribution is 2.09. The molecule has 1 saturated heterocycles. The molecule has 1 aliphatic rings. The molecule has 0 saturated carbocycles. The molecule has 110 valence electrons. The fourth-order valence-electron chi connectivity index (χ4n) is 2.33. The van der Waals surface area contributed by atoms with E-state index in [1.54, 1.807) is 16.4 Å². The second-order valence-electron chi connectivity index (χ2n) is 4.95. The van der Waals surface area contributed by atoms with E-state index in [0.29, 0.717) is 32.5 Å². The zero-order valence-corrected chi connectivity index (χ0v) is 12.5.